The highest BCUT2D eigenvalue weighted by Gasteiger charge is 2.51. The molecule has 0 saturated carbocycles. The molecular formula is C16H24O9. The molecule has 0 N–H and O–H groups in total. The van der Waals surface area contributed by atoms with Crippen molar-refractivity contribution in [2.75, 3.05) is 6.61 Å². The summed E-state index contributed by atoms with van der Waals surface area (Å²) in [6, 6.07) is 0. The van der Waals surface area contributed by atoms with Crippen molar-refractivity contribution in [1.82, 2.24) is 0 Å². The minimum Gasteiger partial charge on any atom is -0.463 e. The van der Waals surface area contributed by atoms with E-state index in [0.29, 0.717) is 6.42 Å². The summed E-state index contributed by atoms with van der Waals surface area (Å²) in [6.07, 6.45) is -4.18. The minimum absolute atomic E-state index is 0.200. The molecule has 1 saturated heterocycles. The lowest BCUT2D eigenvalue weighted by Crippen LogP contribution is -2.62. The number of hydrogen-bond donors (Lipinski definition) is 0. The molecular weight excluding hydrogens is 336 g/mol. The first-order valence-corrected chi connectivity index (χ1v) is 7.96. The van der Waals surface area contributed by atoms with Crippen LogP contribution in [0.4, 0.5) is 0 Å². The molecule has 0 aromatic carbocycles. The monoisotopic (exact) mass is 360 g/mol. The minimum atomic E-state index is -1.09. The molecule has 25 heavy (non-hydrogen) atoms. The van der Waals surface area contributed by atoms with Gasteiger partial charge in [0.05, 0.1) is 6.10 Å². The van der Waals surface area contributed by atoms with Gasteiger partial charge in [-0.05, 0) is 6.42 Å². The van der Waals surface area contributed by atoms with Crippen molar-refractivity contribution < 1.29 is 42.9 Å². The average Bonchev–Trinajstić information content (AvgIpc) is 2.48. The molecule has 1 heterocycles. The molecule has 1 aliphatic heterocycles. The fourth-order valence-corrected chi connectivity index (χ4v) is 2.65. The van der Waals surface area contributed by atoms with E-state index in [4.69, 9.17) is 23.7 Å². The highest BCUT2D eigenvalue weighted by Crippen LogP contribution is 2.30. The number of carbonyl (C=O) groups excluding carboxylic acids is 4. The van der Waals surface area contributed by atoms with Crippen LogP contribution in [0.2, 0.25) is 0 Å². The predicted octanol–water partition coefficient (Wildman–Crippen LogP) is 0.522. The Bertz CT molecular complexity index is 516. The Labute approximate surface area is 145 Å². The Kier molecular flexibility index (Phi) is 7.82. The SMILES string of the molecule is CC[C@@H]1O[C@H](COC(C)=O)[C@@H](OC(C)=O)[C@H](OC(C)=O)[C@H]1OC(C)=O. The first-order valence-electron chi connectivity index (χ1n) is 7.96. The predicted molar refractivity (Wildman–Crippen MR) is 82.2 cm³/mol. The summed E-state index contributed by atoms with van der Waals surface area (Å²) in [6.45, 7) is 6.40. The third-order valence-corrected chi connectivity index (χ3v) is 3.49. The van der Waals surface area contributed by atoms with Gasteiger partial charge in [-0.25, -0.2) is 0 Å². The van der Waals surface area contributed by atoms with Crippen molar-refractivity contribution in [3.05, 3.63) is 0 Å². The lowest BCUT2D eigenvalue weighted by Gasteiger charge is -2.44. The van der Waals surface area contributed by atoms with Gasteiger partial charge in [0, 0.05) is 27.7 Å². The fourth-order valence-electron chi connectivity index (χ4n) is 2.65. The summed E-state index contributed by atoms with van der Waals surface area (Å²) >= 11 is 0. The van der Waals surface area contributed by atoms with Crippen LogP contribution >= 0.6 is 0 Å². The Morgan fingerprint density at radius 1 is 0.720 bits per heavy atom. The average molecular weight is 360 g/mol. The zero-order valence-electron chi connectivity index (χ0n) is 15.0. The highest BCUT2D eigenvalue weighted by atomic mass is 16.7. The van der Waals surface area contributed by atoms with Gasteiger partial charge in [0.15, 0.2) is 18.3 Å². The lowest BCUT2D eigenvalue weighted by atomic mass is 9.93. The molecule has 9 nitrogen and oxygen atoms in total. The Morgan fingerprint density at radius 2 is 1.16 bits per heavy atom. The fraction of sp³-hybridized carbons (Fsp3) is 0.750. The van der Waals surface area contributed by atoms with E-state index in [9.17, 15) is 19.2 Å². The van der Waals surface area contributed by atoms with Gasteiger partial charge >= 0.3 is 23.9 Å². The van der Waals surface area contributed by atoms with Gasteiger partial charge in [0.1, 0.15) is 12.7 Å². The van der Waals surface area contributed by atoms with Crippen molar-refractivity contribution >= 4 is 23.9 Å². The van der Waals surface area contributed by atoms with E-state index in [1.165, 1.54) is 27.7 Å². The maximum Gasteiger partial charge on any atom is 0.303 e. The van der Waals surface area contributed by atoms with Crippen LogP contribution in [0.3, 0.4) is 0 Å². The topological polar surface area (TPSA) is 114 Å². The van der Waals surface area contributed by atoms with E-state index in [1.807, 2.05) is 0 Å². The molecule has 0 bridgehead atoms. The van der Waals surface area contributed by atoms with Crippen LogP contribution in [-0.2, 0) is 42.9 Å². The quantitative estimate of drug-likeness (QED) is 0.494. The summed E-state index contributed by atoms with van der Waals surface area (Å²) in [5.74, 6) is -2.41. The lowest BCUT2D eigenvalue weighted by molar-refractivity contribution is -0.252. The van der Waals surface area contributed by atoms with Crippen LogP contribution in [-0.4, -0.2) is 61.0 Å². The third-order valence-electron chi connectivity index (χ3n) is 3.49. The van der Waals surface area contributed by atoms with Crippen molar-refractivity contribution in [3.63, 3.8) is 0 Å². The maximum atomic E-state index is 11.5. The molecule has 9 heteroatoms. The van der Waals surface area contributed by atoms with Crippen LogP contribution in [0, 0.1) is 0 Å². The van der Waals surface area contributed by atoms with E-state index < -0.39 is 54.4 Å². The van der Waals surface area contributed by atoms with Crippen LogP contribution in [0.25, 0.3) is 0 Å². The summed E-state index contributed by atoms with van der Waals surface area (Å²) in [5, 5.41) is 0. The van der Waals surface area contributed by atoms with Gasteiger partial charge in [-0.1, -0.05) is 6.92 Å². The van der Waals surface area contributed by atoms with Crippen LogP contribution in [0.15, 0.2) is 0 Å². The molecule has 0 spiro atoms. The smallest absolute Gasteiger partial charge is 0.303 e. The van der Waals surface area contributed by atoms with E-state index in [0.717, 1.165) is 0 Å². The molecule has 0 radical (unpaired) electrons. The Hall–Kier alpha value is -2.16. The summed E-state index contributed by atoms with van der Waals surface area (Å²) in [7, 11) is 0. The summed E-state index contributed by atoms with van der Waals surface area (Å²) in [5.41, 5.74) is 0. The largest absolute Gasteiger partial charge is 0.463 e. The molecule has 0 unspecified atom stereocenters. The van der Waals surface area contributed by atoms with E-state index in [1.54, 1.807) is 6.92 Å². The van der Waals surface area contributed by atoms with Gasteiger partial charge in [-0.2, -0.15) is 0 Å². The Balaban J connectivity index is 3.18. The van der Waals surface area contributed by atoms with E-state index in [-0.39, 0.29) is 6.61 Å². The number of ether oxygens (including phenoxy) is 5. The van der Waals surface area contributed by atoms with Gasteiger partial charge < -0.3 is 23.7 Å². The number of hydrogen-bond acceptors (Lipinski definition) is 9. The number of rotatable bonds is 6. The first kappa shape index (κ1) is 20.9. The molecule has 142 valence electrons. The van der Waals surface area contributed by atoms with Crippen molar-refractivity contribution in [1.29, 1.82) is 0 Å². The second-order valence-corrected chi connectivity index (χ2v) is 5.65. The zero-order valence-corrected chi connectivity index (χ0v) is 15.0. The molecule has 5 atom stereocenters. The molecule has 1 aliphatic rings. The summed E-state index contributed by atoms with van der Waals surface area (Å²) in [4.78, 5) is 45.5. The van der Waals surface area contributed by atoms with Crippen molar-refractivity contribution in [3.8, 4) is 0 Å². The second kappa shape index (κ2) is 9.36. The second-order valence-electron chi connectivity index (χ2n) is 5.65. The molecule has 0 aromatic rings. The molecule has 1 rings (SSSR count). The van der Waals surface area contributed by atoms with Gasteiger partial charge in [0.2, 0.25) is 0 Å². The number of carbonyl (C=O) groups is 4. The third kappa shape index (κ3) is 6.33. The van der Waals surface area contributed by atoms with Crippen LogP contribution in [0.1, 0.15) is 41.0 Å². The molecule has 1 fully saturated rings. The van der Waals surface area contributed by atoms with Crippen molar-refractivity contribution in [2.24, 2.45) is 0 Å². The van der Waals surface area contributed by atoms with Crippen molar-refractivity contribution in [2.45, 2.75) is 71.6 Å². The molecule has 0 amide bonds. The van der Waals surface area contributed by atoms with Crippen LogP contribution in [0.5, 0.6) is 0 Å². The molecule has 0 aromatic heterocycles. The van der Waals surface area contributed by atoms with Gasteiger partial charge in [-0.3, -0.25) is 19.2 Å². The van der Waals surface area contributed by atoms with E-state index >= 15 is 0 Å². The highest BCUT2D eigenvalue weighted by molar-refractivity contribution is 5.68. The maximum absolute atomic E-state index is 11.5. The molecule has 0 aliphatic carbocycles. The summed E-state index contributed by atoms with van der Waals surface area (Å²) < 4.78 is 26.5. The number of esters is 4. The van der Waals surface area contributed by atoms with E-state index in [2.05, 4.69) is 0 Å². The normalized spacial score (nSPS) is 28.6. The van der Waals surface area contributed by atoms with Crippen LogP contribution < -0.4 is 0 Å². The van der Waals surface area contributed by atoms with Gasteiger partial charge in [0.25, 0.3) is 0 Å². The standard InChI is InChI=1S/C16H24O9/c1-6-12-14(22-9(3)18)16(24-11(5)20)15(23-10(4)19)13(25-12)7-21-8(2)17/h12-16H,6-7H2,1-5H3/t12-,13+,14-,15+,16+/m0/s1. The van der Waals surface area contributed by atoms with Gasteiger partial charge in [-0.15, -0.1) is 0 Å². The first-order chi connectivity index (χ1) is 11.6. The zero-order chi connectivity index (χ0) is 19.1. The Morgan fingerprint density at radius 3 is 1.56 bits per heavy atom.